The number of rotatable bonds is 3. The first-order valence-corrected chi connectivity index (χ1v) is 8.59. The van der Waals surface area contributed by atoms with Gasteiger partial charge >= 0.3 is 6.18 Å². The Hall–Kier alpha value is -1.93. The van der Waals surface area contributed by atoms with Crippen LogP contribution >= 0.6 is 27.5 Å². The van der Waals surface area contributed by atoms with Crippen molar-refractivity contribution in [2.75, 3.05) is 5.32 Å². The number of aromatic nitrogens is 2. The Balaban J connectivity index is 2.03. The summed E-state index contributed by atoms with van der Waals surface area (Å²) in [5, 5.41) is 3.50. The van der Waals surface area contributed by atoms with Crippen LogP contribution < -0.4 is 5.32 Å². The zero-order chi connectivity index (χ0) is 19.1. The van der Waals surface area contributed by atoms with Crippen LogP contribution in [0.2, 0.25) is 5.28 Å². The summed E-state index contributed by atoms with van der Waals surface area (Å²) in [7, 11) is 0. The van der Waals surface area contributed by atoms with Crippen molar-refractivity contribution < 1.29 is 17.6 Å². The van der Waals surface area contributed by atoms with E-state index < -0.39 is 23.6 Å². The second kappa shape index (κ2) is 7.00. The van der Waals surface area contributed by atoms with Crippen LogP contribution in [0.15, 0.2) is 40.9 Å². The monoisotopic (exact) mass is 447 g/mol. The third-order valence-corrected chi connectivity index (χ3v) is 4.45. The van der Waals surface area contributed by atoms with Gasteiger partial charge in [0, 0.05) is 15.4 Å². The molecule has 0 saturated carbocycles. The van der Waals surface area contributed by atoms with Crippen LogP contribution in [0.25, 0.3) is 10.9 Å². The van der Waals surface area contributed by atoms with E-state index in [0.29, 0.717) is 22.8 Å². The maximum atomic E-state index is 14.4. The molecule has 0 spiro atoms. The molecule has 1 heterocycles. The van der Waals surface area contributed by atoms with Crippen molar-refractivity contribution in [3.63, 3.8) is 0 Å². The smallest absolute Gasteiger partial charge is 0.363 e. The minimum Gasteiger partial charge on any atom is -0.363 e. The zero-order valence-corrected chi connectivity index (χ0v) is 15.5. The predicted octanol–water partition coefficient (Wildman–Crippen LogP) is 6.38. The second-order valence-corrected chi connectivity index (χ2v) is 6.83. The highest BCUT2D eigenvalue weighted by Crippen LogP contribution is 2.35. The molecule has 3 nitrogen and oxygen atoms in total. The maximum Gasteiger partial charge on any atom is 0.419 e. The summed E-state index contributed by atoms with van der Waals surface area (Å²) in [6, 6.07) is 7.61. The number of nitrogens with one attached hydrogen (secondary N) is 1. The van der Waals surface area contributed by atoms with E-state index in [-0.39, 0.29) is 10.8 Å². The number of hydrogen-bond donors (Lipinski definition) is 1. The van der Waals surface area contributed by atoms with E-state index in [4.69, 9.17) is 11.6 Å². The minimum absolute atomic E-state index is 0.0287. The van der Waals surface area contributed by atoms with Crippen molar-refractivity contribution in [3.05, 3.63) is 63.1 Å². The lowest BCUT2D eigenvalue weighted by atomic mass is 10.0. The van der Waals surface area contributed by atoms with Crippen LogP contribution in [0.5, 0.6) is 0 Å². The summed E-state index contributed by atoms with van der Waals surface area (Å²) >= 11 is 9.25. The Labute approximate surface area is 159 Å². The molecular weight excluding hydrogens is 438 g/mol. The molecule has 1 unspecified atom stereocenters. The summed E-state index contributed by atoms with van der Waals surface area (Å²) in [6.07, 6.45) is -4.77. The molecule has 0 radical (unpaired) electrons. The molecule has 0 bridgehead atoms. The highest BCUT2D eigenvalue weighted by Gasteiger charge is 2.35. The number of anilines is 1. The highest BCUT2D eigenvalue weighted by molar-refractivity contribution is 9.10. The number of nitrogens with zero attached hydrogens (tertiary/aromatic N) is 2. The number of fused-ring (bicyclic) bond motifs is 1. The number of benzene rings is 2. The fraction of sp³-hybridized carbons (Fsp3) is 0.176. The van der Waals surface area contributed by atoms with E-state index in [1.165, 1.54) is 12.1 Å². The summed E-state index contributed by atoms with van der Waals surface area (Å²) < 4.78 is 53.9. The Morgan fingerprint density at radius 3 is 2.58 bits per heavy atom. The van der Waals surface area contributed by atoms with Gasteiger partial charge in [-0.05, 0) is 42.8 Å². The minimum atomic E-state index is -4.77. The van der Waals surface area contributed by atoms with Gasteiger partial charge in [-0.1, -0.05) is 28.1 Å². The van der Waals surface area contributed by atoms with Gasteiger partial charge in [0.1, 0.15) is 11.6 Å². The molecule has 0 fully saturated rings. The molecule has 3 rings (SSSR count). The Kier molecular flexibility index (Phi) is 5.07. The van der Waals surface area contributed by atoms with Crippen molar-refractivity contribution in [1.82, 2.24) is 9.97 Å². The molecule has 3 aromatic rings. The van der Waals surface area contributed by atoms with Crippen LogP contribution in [0.1, 0.15) is 24.1 Å². The number of alkyl halides is 3. The van der Waals surface area contributed by atoms with E-state index in [9.17, 15) is 17.6 Å². The SMILES string of the molecule is CC(Nc1nc(Cl)nc2ccc(Br)cc12)c1cccc(C(F)(F)F)c1F. The van der Waals surface area contributed by atoms with Gasteiger partial charge in [-0.15, -0.1) is 0 Å². The first-order chi connectivity index (χ1) is 12.2. The molecule has 0 aliphatic carbocycles. The average Bonchev–Trinajstić information content (AvgIpc) is 2.54. The Morgan fingerprint density at radius 2 is 1.88 bits per heavy atom. The zero-order valence-electron chi connectivity index (χ0n) is 13.2. The van der Waals surface area contributed by atoms with Crippen LogP contribution in [0.3, 0.4) is 0 Å². The van der Waals surface area contributed by atoms with Gasteiger partial charge in [0.25, 0.3) is 0 Å². The van der Waals surface area contributed by atoms with Crippen molar-refractivity contribution >= 4 is 44.3 Å². The summed E-state index contributed by atoms with van der Waals surface area (Å²) in [5.41, 5.74) is -0.887. The van der Waals surface area contributed by atoms with E-state index in [0.717, 1.165) is 4.47 Å². The summed E-state index contributed by atoms with van der Waals surface area (Å²) in [4.78, 5) is 8.18. The van der Waals surface area contributed by atoms with Gasteiger partial charge in [-0.25, -0.2) is 14.4 Å². The van der Waals surface area contributed by atoms with Crippen molar-refractivity contribution in [2.24, 2.45) is 0 Å². The number of halogens is 6. The molecule has 9 heteroatoms. The molecule has 136 valence electrons. The third kappa shape index (κ3) is 3.76. The molecular formula is C17H11BrClF4N3. The van der Waals surface area contributed by atoms with E-state index >= 15 is 0 Å². The van der Waals surface area contributed by atoms with Crippen molar-refractivity contribution in [1.29, 1.82) is 0 Å². The Morgan fingerprint density at radius 1 is 1.15 bits per heavy atom. The average molecular weight is 449 g/mol. The predicted molar refractivity (Wildman–Crippen MR) is 95.7 cm³/mol. The third-order valence-electron chi connectivity index (χ3n) is 3.78. The molecule has 0 saturated heterocycles. The lowest BCUT2D eigenvalue weighted by Gasteiger charge is -2.19. The van der Waals surface area contributed by atoms with Gasteiger partial charge in [0.2, 0.25) is 5.28 Å². The molecule has 0 aliphatic heterocycles. The van der Waals surface area contributed by atoms with E-state index in [1.54, 1.807) is 25.1 Å². The molecule has 1 aromatic heterocycles. The topological polar surface area (TPSA) is 37.8 Å². The fourth-order valence-electron chi connectivity index (χ4n) is 2.57. The molecule has 26 heavy (non-hydrogen) atoms. The normalized spacial score (nSPS) is 13.0. The first kappa shape index (κ1) is 18.8. The van der Waals surface area contributed by atoms with Crippen molar-refractivity contribution in [2.45, 2.75) is 19.1 Å². The highest BCUT2D eigenvalue weighted by atomic mass is 79.9. The number of hydrogen-bond acceptors (Lipinski definition) is 3. The standard InChI is InChI=1S/C17H11BrClF4N3/c1-8(10-3-2-4-12(14(10)20)17(21,22)23)24-15-11-7-9(18)5-6-13(11)25-16(19)26-15/h2-8H,1H3,(H,24,25,26). The van der Waals surface area contributed by atoms with Gasteiger partial charge in [0.05, 0.1) is 17.1 Å². The van der Waals surface area contributed by atoms with Gasteiger partial charge < -0.3 is 5.32 Å². The van der Waals surface area contributed by atoms with Crippen LogP contribution in [-0.2, 0) is 6.18 Å². The van der Waals surface area contributed by atoms with Gasteiger partial charge in [0.15, 0.2) is 0 Å². The molecule has 0 aliphatic rings. The van der Waals surface area contributed by atoms with Crippen LogP contribution in [0.4, 0.5) is 23.4 Å². The lowest BCUT2D eigenvalue weighted by molar-refractivity contribution is -0.140. The Bertz CT molecular complexity index is 978. The summed E-state index contributed by atoms with van der Waals surface area (Å²) in [6.45, 7) is 1.54. The second-order valence-electron chi connectivity index (χ2n) is 5.58. The van der Waals surface area contributed by atoms with E-state index in [1.807, 2.05) is 0 Å². The van der Waals surface area contributed by atoms with Gasteiger partial charge in [-0.2, -0.15) is 13.2 Å². The first-order valence-electron chi connectivity index (χ1n) is 7.42. The largest absolute Gasteiger partial charge is 0.419 e. The summed E-state index contributed by atoms with van der Waals surface area (Å²) in [5.74, 6) is -1.02. The maximum absolute atomic E-state index is 14.4. The van der Waals surface area contributed by atoms with Crippen LogP contribution in [0, 0.1) is 5.82 Å². The van der Waals surface area contributed by atoms with Crippen LogP contribution in [-0.4, -0.2) is 9.97 Å². The van der Waals surface area contributed by atoms with Gasteiger partial charge in [-0.3, -0.25) is 0 Å². The van der Waals surface area contributed by atoms with Crippen molar-refractivity contribution in [3.8, 4) is 0 Å². The fourth-order valence-corrected chi connectivity index (χ4v) is 3.11. The molecule has 1 atom stereocenters. The quantitative estimate of drug-likeness (QED) is 0.373. The molecule has 0 amide bonds. The lowest BCUT2D eigenvalue weighted by Crippen LogP contribution is -2.15. The van der Waals surface area contributed by atoms with E-state index in [2.05, 4.69) is 31.2 Å². The molecule has 2 aromatic carbocycles. The molecule has 1 N–H and O–H groups in total.